The SMILES string of the molecule is COc1ccccc1Oc1ccc(CCl)c(Br)c1. The Bertz CT molecular complexity index is 543. The number of rotatable bonds is 4. The minimum atomic E-state index is 0.468. The van der Waals surface area contributed by atoms with Gasteiger partial charge in [0.05, 0.1) is 7.11 Å². The van der Waals surface area contributed by atoms with Crippen LogP contribution in [0, 0.1) is 0 Å². The molecule has 0 fully saturated rings. The van der Waals surface area contributed by atoms with Crippen molar-refractivity contribution in [2.75, 3.05) is 7.11 Å². The molecule has 0 radical (unpaired) electrons. The Morgan fingerprint density at radius 2 is 1.83 bits per heavy atom. The first kappa shape index (κ1) is 13.2. The van der Waals surface area contributed by atoms with Crippen LogP contribution in [0.2, 0.25) is 0 Å². The van der Waals surface area contributed by atoms with Gasteiger partial charge in [-0.15, -0.1) is 11.6 Å². The summed E-state index contributed by atoms with van der Waals surface area (Å²) in [5.74, 6) is 2.59. The average Bonchev–Trinajstić information content (AvgIpc) is 2.39. The first-order valence-corrected chi connectivity index (χ1v) is 6.72. The molecule has 0 aliphatic carbocycles. The first-order valence-electron chi connectivity index (χ1n) is 5.40. The van der Waals surface area contributed by atoms with Crippen molar-refractivity contribution in [2.45, 2.75) is 5.88 Å². The molecule has 0 atom stereocenters. The van der Waals surface area contributed by atoms with Crippen LogP contribution in [0.15, 0.2) is 46.9 Å². The number of ether oxygens (including phenoxy) is 2. The van der Waals surface area contributed by atoms with Crippen LogP contribution in [-0.2, 0) is 5.88 Å². The van der Waals surface area contributed by atoms with Gasteiger partial charge in [0, 0.05) is 10.4 Å². The molecule has 4 heteroatoms. The normalized spacial score (nSPS) is 10.2. The zero-order valence-electron chi connectivity index (χ0n) is 9.82. The van der Waals surface area contributed by atoms with Crippen molar-refractivity contribution < 1.29 is 9.47 Å². The van der Waals surface area contributed by atoms with Crippen LogP contribution >= 0.6 is 27.5 Å². The van der Waals surface area contributed by atoms with Gasteiger partial charge in [0.25, 0.3) is 0 Å². The Morgan fingerprint density at radius 3 is 2.44 bits per heavy atom. The van der Waals surface area contributed by atoms with E-state index in [1.807, 2.05) is 42.5 Å². The highest BCUT2D eigenvalue weighted by Gasteiger charge is 2.06. The number of methoxy groups -OCH3 is 1. The van der Waals surface area contributed by atoms with Gasteiger partial charge in [0.2, 0.25) is 0 Å². The summed E-state index contributed by atoms with van der Waals surface area (Å²) in [5, 5.41) is 0. The van der Waals surface area contributed by atoms with Crippen LogP contribution in [0.1, 0.15) is 5.56 Å². The van der Waals surface area contributed by atoms with Crippen molar-refractivity contribution in [1.82, 2.24) is 0 Å². The van der Waals surface area contributed by atoms with E-state index in [0.717, 1.165) is 15.8 Å². The summed E-state index contributed by atoms with van der Waals surface area (Å²) < 4.78 is 12.0. The number of hydrogen-bond donors (Lipinski definition) is 0. The number of hydrogen-bond acceptors (Lipinski definition) is 2. The number of benzene rings is 2. The molecule has 0 aliphatic rings. The van der Waals surface area contributed by atoms with Crippen LogP contribution in [0.3, 0.4) is 0 Å². The fourth-order valence-electron chi connectivity index (χ4n) is 1.53. The first-order chi connectivity index (χ1) is 8.74. The third-order valence-electron chi connectivity index (χ3n) is 2.47. The van der Waals surface area contributed by atoms with E-state index in [9.17, 15) is 0 Å². The van der Waals surface area contributed by atoms with Crippen molar-refractivity contribution in [3.05, 3.63) is 52.5 Å². The van der Waals surface area contributed by atoms with Crippen LogP contribution in [0.25, 0.3) is 0 Å². The highest BCUT2D eigenvalue weighted by molar-refractivity contribution is 9.10. The Kier molecular flexibility index (Phi) is 4.50. The molecule has 0 N–H and O–H groups in total. The van der Waals surface area contributed by atoms with E-state index < -0.39 is 0 Å². The standard InChI is InChI=1S/C14H12BrClO2/c1-17-13-4-2-3-5-14(13)18-11-7-6-10(9-16)12(15)8-11/h2-8H,9H2,1H3. The summed E-state index contributed by atoms with van der Waals surface area (Å²) in [6.07, 6.45) is 0. The summed E-state index contributed by atoms with van der Waals surface area (Å²) in [4.78, 5) is 0. The molecule has 2 nitrogen and oxygen atoms in total. The van der Waals surface area contributed by atoms with Gasteiger partial charge in [0.15, 0.2) is 11.5 Å². The van der Waals surface area contributed by atoms with Gasteiger partial charge < -0.3 is 9.47 Å². The van der Waals surface area contributed by atoms with Gasteiger partial charge in [-0.05, 0) is 29.8 Å². The van der Waals surface area contributed by atoms with Gasteiger partial charge in [-0.25, -0.2) is 0 Å². The van der Waals surface area contributed by atoms with Crippen molar-refractivity contribution in [1.29, 1.82) is 0 Å². The highest BCUT2D eigenvalue weighted by atomic mass is 79.9. The van der Waals surface area contributed by atoms with Crippen LogP contribution in [-0.4, -0.2) is 7.11 Å². The molecule has 0 spiro atoms. The zero-order valence-corrected chi connectivity index (χ0v) is 12.2. The lowest BCUT2D eigenvalue weighted by molar-refractivity contribution is 0.379. The molecule has 0 bridgehead atoms. The van der Waals surface area contributed by atoms with E-state index in [-0.39, 0.29) is 0 Å². The molecule has 0 unspecified atom stereocenters. The molecule has 18 heavy (non-hydrogen) atoms. The lowest BCUT2D eigenvalue weighted by atomic mass is 10.2. The summed E-state index contributed by atoms with van der Waals surface area (Å²) in [7, 11) is 1.62. The fraction of sp³-hybridized carbons (Fsp3) is 0.143. The van der Waals surface area contributed by atoms with E-state index in [1.54, 1.807) is 7.11 Å². The zero-order chi connectivity index (χ0) is 13.0. The third kappa shape index (κ3) is 2.98. The predicted molar refractivity (Wildman–Crippen MR) is 76.8 cm³/mol. The number of alkyl halides is 1. The topological polar surface area (TPSA) is 18.5 Å². The minimum Gasteiger partial charge on any atom is -0.493 e. The van der Waals surface area contributed by atoms with Gasteiger partial charge in [0.1, 0.15) is 5.75 Å². The lowest BCUT2D eigenvalue weighted by Gasteiger charge is -2.11. The van der Waals surface area contributed by atoms with Gasteiger partial charge in [-0.2, -0.15) is 0 Å². The van der Waals surface area contributed by atoms with E-state index in [2.05, 4.69) is 15.9 Å². The monoisotopic (exact) mass is 326 g/mol. The molecular weight excluding hydrogens is 316 g/mol. The van der Waals surface area contributed by atoms with E-state index >= 15 is 0 Å². The van der Waals surface area contributed by atoms with Gasteiger partial charge in [-0.3, -0.25) is 0 Å². The Labute approximate surface area is 120 Å². The Balaban J connectivity index is 2.26. The minimum absolute atomic E-state index is 0.468. The molecule has 94 valence electrons. The number of halogens is 2. The average molecular weight is 328 g/mol. The summed E-state index contributed by atoms with van der Waals surface area (Å²) in [5.41, 5.74) is 1.03. The summed E-state index contributed by atoms with van der Waals surface area (Å²) in [6, 6.07) is 13.2. The van der Waals surface area contributed by atoms with Crippen molar-refractivity contribution >= 4 is 27.5 Å². The van der Waals surface area contributed by atoms with Crippen LogP contribution in [0.4, 0.5) is 0 Å². The maximum absolute atomic E-state index is 5.80. The second kappa shape index (κ2) is 6.12. The summed E-state index contributed by atoms with van der Waals surface area (Å²) in [6.45, 7) is 0. The third-order valence-corrected chi connectivity index (χ3v) is 3.49. The van der Waals surface area contributed by atoms with Gasteiger partial charge >= 0.3 is 0 Å². The summed E-state index contributed by atoms with van der Waals surface area (Å²) >= 11 is 9.26. The van der Waals surface area contributed by atoms with E-state index in [0.29, 0.717) is 17.4 Å². The van der Waals surface area contributed by atoms with Crippen LogP contribution < -0.4 is 9.47 Å². The van der Waals surface area contributed by atoms with E-state index in [4.69, 9.17) is 21.1 Å². The molecule has 0 saturated heterocycles. The Hall–Kier alpha value is -1.19. The predicted octanol–water partition coefficient (Wildman–Crippen LogP) is 4.99. The maximum Gasteiger partial charge on any atom is 0.169 e. The molecular formula is C14H12BrClO2. The second-order valence-corrected chi connectivity index (χ2v) is 4.76. The Morgan fingerprint density at radius 1 is 1.11 bits per heavy atom. The molecule has 2 aromatic rings. The molecule has 0 aliphatic heterocycles. The van der Waals surface area contributed by atoms with Crippen molar-refractivity contribution in [2.24, 2.45) is 0 Å². The number of para-hydroxylation sites is 2. The second-order valence-electron chi connectivity index (χ2n) is 3.64. The molecule has 0 aromatic heterocycles. The molecule has 2 rings (SSSR count). The largest absolute Gasteiger partial charge is 0.493 e. The van der Waals surface area contributed by atoms with Crippen molar-refractivity contribution in [3.8, 4) is 17.2 Å². The molecule has 0 amide bonds. The quantitative estimate of drug-likeness (QED) is 0.737. The fourth-order valence-corrected chi connectivity index (χ4v) is 2.42. The smallest absolute Gasteiger partial charge is 0.169 e. The molecule has 0 heterocycles. The lowest BCUT2D eigenvalue weighted by Crippen LogP contribution is -1.90. The molecule has 0 saturated carbocycles. The van der Waals surface area contributed by atoms with Gasteiger partial charge in [-0.1, -0.05) is 34.1 Å². The highest BCUT2D eigenvalue weighted by Crippen LogP contribution is 2.33. The maximum atomic E-state index is 5.80. The van der Waals surface area contributed by atoms with Crippen molar-refractivity contribution in [3.63, 3.8) is 0 Å². The molecule has 2 aromatic carbocycles. The van der Waals surface area contributed by atoms with E-state index in [1.165, 1.54) is 0 Å². The van der Waals surface area contributed by atoms with Crippen LogP contribution in [0.5, 0.6) is 17.2 Å².